The van der Waals surface area contributed by atoms with Crippen LogP contribution in [0, 0.1) is 6.92 Å². The maximum Gasteiger partial charge on any atom is 0.263 e. The number of carbonyl (C=O) groups is 2. The molecule has 0 aliphatic heterocycles. The Balaban J connectivity index is 2.19. The van der Waals surface area contributed by atoms with E-state index in [2.05, 4.69) is 15.3 Å². The van der Waals surface area contributed by atoms with Crippen molar-refractivity contribution in [3.05, 3.63) is 57.8 Å². The number of hydrogen-bond acceptors (Lipinski definition) is 4. The molecule has 0 fully saturated rings. The number of aromatic nitrogens is 2. The number of rotatable bonds is 3. The van der Waals surface area contributed by atoms with Crippen LogP contribution >= 0.6 is 0 Å². The fourth-order valence-electron chi connectivity index (χ4n) is 1.63. The molecule has 0 saturated heterocycles. The van der Waals surface area contributed by atoms with E-state index < -0.39 is 11.5 Å². The molecule has 1 aromatic carbocycles. The molecule has 0 radical (unpaired) electrons. The number of aryl methyl sites for hydroxylation is 1. The Morgan fingerprint density at radius 1 is 1.20 bits per heavy atom. The van der Waals surface area contributed by atoms with Crippen LogP contribution in [0.25, 0.3) is 0 Å². The molecule has 20 heavy (non-hydrogen) atoms. The van der Waals surface area contributed by atoms with E-state index in [0.29, 0.717) is 17.1 Å². The molecule has 6 nitrogen and oxygen atoms in total. The largest absolute Gasteiger partial charge is 0.322 e. The normalized spacial score (nSPS) is 10.1. The molecule has 2 aromatic rings. The standard InChI is InChI=1S/C14H13N3O3/c1-8(18)10-3-5-11(6-4-10)17-14(20)12-7-15-9(2)16-13(12)19/h3-7H,1-2H3,(H,17,20)(H,15,16,19). The maximum atomic E-state index is 11.9. The Morgan fingerprint density at radius 3 is 2.40 bits per heavy atom. The third kappa shape index (κ3) is 2.97. The number of hydrogen-bond donors (Lipinski definition) is 2. The van der Waals surface area contributed by atoms with Gasteiger partial charge in [0.05, 0.1) is 0 Å². The van der Waals surface area contributed by atoms with Gasteiger partial charge in [0.25, 0.3) is 11.5 Å². The summed E-state index contributed by atoms with van der Waals surface area (Å²) in [7, 11) is 0. The van der Waals surface area contributed by atoms with Crippen LogP contribution in [0.5, 0.6) is 0 Å². The number of anilines is 1. The van der Waals surface area contributed by atoms with Crippen molar-refractivity contribution in [2.75, 3.05) is 5.32 Å². The van der Waals surface area contributed by atoms with E-state index in [4.69, 9.17) is 0 Å². The summed E-state index contributed by atoms with van der Waals surface area (Å²) in [5.41, 5.74) is 0.499. The zero-order chi connectivity index (χ0) is 14.7. The van der Waals surface area contributed by atoms with Crippen LogP contribution in [-0.4, -0.2) is 21.7 Å². The van der Waals surface area contributed by atoms with Crippen molar-refractivity contribution < 1.29 is 9.59 Å². The van der Waals surface area contributed by atoms with Crippen LogP contribution in [0.2, 0.25) is 0 Å². The number of ketones is 1. The van der Waals surface area contributed by atoms with Crippen molar-refractivity contribution >= 4 is 17.4 Å². The van der Waals surface area contributed by atoms with Gasteiger partial charge in [0.15, 0.2) is 5.78 Å². The molecule has 2 rings (SSSR count). The summed E-state index contributed by atoms with van der Waals surface area (Å²) in [6, 6.07) is 6.42. The second kappa shape index (κ2) is 5.48. The molecule has 0 unspecified atom stereocenters. The highest BCUT2D eigenvalue weighted by atomic mass is 16.2. The highest BCUT2D eigenvalue weighted by molar-refractivity contribution is 6.04. The molecule has 2 N–H and O–H groups in total. The van der Waals surface area contributed by atoms with Crippen LogP contribution in [0.1, 0.15) is 33.5 Å². The van der Waals surface area contributed by atoms with E-state index in [1.807, 2.05) is 0 Å². The number of carbonyl (C=O) groups excluding carboxylic acids is 2. The summed E-state index contributed by atoms with van der Waals surface area (Å²) in [4.78, 5) is 41.0. The number of amides is 1. The quantitative estimate of drug-likeness (QED) is 0.828. The van der Waals surface area contributed by atoms with Crippen LogP contribution in [-0.2, 0) is 0 Å². The Kier molecular flexibility index (Phi) is 3.74. The third-order valence-corrected chi connectivity index (χ3v) is 2.72. The van der Waals surface area contributed by atoms with Crippen molar-refractivity contribution in [3.63, 3.8) is 0 Å². The van der Waals surface area contributed by atoms with Crippen LogP contribution in [0.4, 0.5) is 5.69 Å². The Labute approximate surface area is 114 Å². The van der Waals surface area contributed by atoms with Gasteiger partial charge in [0.1, 0.15) is 11.4 Å². The summed E-state index contributed by atoms with van der Waals surface area (Å²) in [6.07, 6.45) is 1.23. The van der Waals surface area contributed by atoms with E-state index >= 15 is 0 Å². The minimum absolute atomic E-state index is 0.0537. The molecule has 6 heteroatoms. The summed E-state index contributed by atoms with van der Waals surface area (Å²) < 4.78 is 0. The lowest BCUT2D eigenvalue weighted by atomic mass is 10.1. The van der Waals surface area contributed by atoms with Crippen LogP contribution in [0.15, 0.2) is 35.3 Å². The fraction of sp³-hybridized carbons (Fsp3) is 0.143. The lowest BCUT2D eigenvalue weighted by molar-refractivity contribution is 0.101. The summed E-state index contributed by atoms with van der Waals surface area (Å²) in [6.45, 7) is 3.09. The van der Waals surface area contributed by atoms with Crippen molar-refractivity contribution in [3.8, 4) is 0 Å². The Hall–Kier alpha value is -2.76. The lowest BCUT2D eigenvalue weighted by Crippen LogP contribution is -2.24. The first-order valence-electron chi connectivity index (χ1n) is 5.95. The minimum atomic E-state index is -0.547. The molecule has 1 amide bonds. The minimum Gasteiger partial charge on any atom is -0.322 e. The molecule has 0 bridgehead atoms. The zero-order valence-electron chi connectivity index (χ0n) is 11.1. The number of nitrogens with zero attached hydrogens (tertiary/aromatic N) is 1. The van der Waals surface area contributed by atoms with Crippen molar-refractivity contribution in [1.82, 2.24) is 9.97 Å². The van der Waals surface area contributed by atoms with Crippen LogP contribution < -0.4 is 10.9 Å². The monoisotopic (exact) mass is 271 g/mol. The topological polar surface area (TPSA) is 91.9 Å². The molecule has 0 spiro atoms. The second-order valence-electron chi connectivity index (χ2n) is 4.30. The molecule has 1 heterocycles. The third-order valence-electron chi connectivity index (χ3n) is 2.72. The number of benzene rings is 1. The average Bonchev–Trinajstić information content (AvgIpc) is 2.39. The van der Waals surface area contributed by atoms with Gasteiger partial charge in [0.2, 0.25) is 0 Å². The first-order valence-corrected chi connectivity index (χ1v) is 5.95. The van der Waals surface area contributed by atoms with E-state index in [-0.39, 0.29) is 11.3 Å². The van der Waals surface area contributed by atoms with Gasteiger partial charge in [-0.15, -0.1) is 0 Å². The molecular weight excluding hydrogens is 258 g/mol. The molecule has 0 saturated carbocycles. The fourth-order valence-corrected chi connectivity index (χ4v) is 1.63. The van der Waals surface area contributed by atoms with Gasteiger partial charge in [-0.05, 0) is 38.1 Å². The molecule has 0 atom stereocenters. The SMILES string of the molecule is CC(=O)c1ccc(NC(=O)c2cnc(C)[nH]c2=O)cc1. The van der Waals surface area contributed by atoms with Gasteiger partial charge < -0.3 is 10.3 Å². The van der Waals surface area contributed by atoms with E-state index in [1.165, 1.54) is 13.1 Å². The van der Waals surface area contributed by atoms with Crippen molar-refractivity contribution in [2.24, 2.45) is 0 Å². The number of Topliss-reactive ketones (excluding diaryl/α,β-unsaturated/α-hetero) is 1. The van der Waals surface area contributed by atoms with Gasteiger partial charge in [-0.1, -0.05) is 0 Å². The molecule has 102 valence electrons. The summed E-state index contributed by atoms with van der Waals surface area (Å²) >= 11 is 0. The first-order chi connectivity index (χ1) is 9.47. The average molecular weight is 271 g/mol. The van der Waals surface area contributed by atoms with Gasteiger partial charge in [-0.2, -0.15) is 0 Å². The van der Waals surface area contributed by atoms with E-state index in [1.54, 1.807) is 31.2 Å². The second-order valence-corrected chi connectivity index (χ2v) is 4.30. The predicted octanol–water partition coefficient (Wildman–Crippen LogP) is 1.53. The van der Waals surface area contributed by atoms with Crippen LogP contribution in [0.3, 0.4) is 0 Å². The lowest BCUT2D eigenvalue weighted by Gasteiger charge is -2.05. The zero-order valence-corrected chi connectivity index (χ0v) is 11.1. The molecular formula is C14H13N3O3. The predicted molar refractivity (Wildman–Crippen MR) is 74.0 cm³/mol. The van der Waals surface area contributed by atoms with Crippen molar-refractivity contribution in [2.45, 2.75) is 13.8 Å². The smallest absolute Gasteiger partial charge is 0.263 e. The number of aromatic amines is 1. The van der Waals surface area contributed by atoms with Gasteiger partial charge in [-0.3, -0.25) is 14.4 Å². The maximum absolute atomic E-state index is 11.9. The van der Waals surface area contributed by atoms with E-state index in [0.717, 1.165) is 0 Å². The summed E-state index contributed by atoms with van der Waals surface area (Å²) in [5.74, 6) is -0.159. The molecule has 1 aromatic heterocycles. The number of nitrogens with one attached hydrogen (secondary N) is 2. The van der Waals surface area contributed by atoms with Crippen molar-refractivity contribution in [1.29, 1.82) is 0 Å². The van der Waals surface area contributed by atoms with Gasteiger partial charge in [-0.25, -0.2) is 4.98 Å². The highest BCUT2D eigenvalue weighted by Gasteiger charge is 2.11. The van der Waals surface area contributed by atoms with Gasteiger partial charge >= 0.3 is 0 Å². The van der Waals surface area contributed by atoms with E-state index in [9.17, 15) is 14.4 Å². The molecule has 0 aliphatic carbocycles. The summed E-state index contributed by atoms with van der Waals surface area (Å²) in [5, 5.41) is 2.57. The molecule has 0 aliphatic rings. The first kappa shape index (κ1) is 13.7. The Morgan fingerprint density at radius 2 is 1.85 bits per heavy atom. The number of H-pyrrole nitrogens is 1. The van der Waals surface area contributed by atoms with Gasteiger partial charge in [0, 0.05) is 17.4 Å². The highest BCUT2D eigenvalue weighted by Crippen LogP contribution is 2.10. The Bertz CT molecular complexity index is 717.